The standard InChI is InChI=1S/C28H36N2O6/c1-3-25(31)35-20-12-19-29-27(33)36-30(26(32)23-15-8-9-16-24(23)34-2)21-28(17-10-5-11-18-28)22-13-6-4-7-14-22/h4,6-9,13-16H,3,5,10-12,17-21H2,1-2H3,(H,29,33). The average Bonchev–Trinajstić information content (AvgIpc) is 2.92. The molecule has 0 saturated heterocycles. The van der Waals surface area contributed by atoms with Crippen LogP contribution in [0, 0.1) is 0 Å². The first-order valence-electron chi connectivity index (χ1n) is 12.6. The van der Waals surface area contributed by atoms with Crippen LogP contribution in [-0.4, -0.2) is 49.8 Å². The highest BCUT2D eigenvalue weighted by Gasteiger charge is 2.39. The van der Waals surface area contributed by atoms with E-state index in [4.69, 9.17) is 14.3 Å². The Morgan fingerprint density at radius 2 is 1.67 bits per heavy atom. The molecule has 0 spiro atoms. The summed E-state index contributed by atoms with van der Waals surface area (Å²) in [4.78, 5) is 43.3. The maximum atomic E-state index is 13.7. The third-order valence-corrected chi connectivity index (χ3v) is 6.54. The molecule has 0 bridgehead atoms. The second-order valence-electron chi connectivity index (χ2n) is 8.98. The van der Waals surface area contributed by atoms with Gasteiger partial charge in [0.1, 0.15) is 5.75 Å². The molecule has 0 heterocycles. The zero-order valence-corrected chi connectivity index (χ0v) is 21.2. The van der Waals surface area contributed by atoms with Crippen molar-refractivity contribution in [3.63, 3.8) is 0 Å². The molecule has 1 aliphatic rings. The molecule has 36 heavy (non-hydrogen) atoms. The van der Waals surface area contributed by atoms with Crippen molar-refractivity contribution in [3.05, 3.63) is 65.7 Å². The molecule has 0 radical (unpaired) electrons. The first-order chi connectivity index (χ1) is 17.5. The first kappa shape index (κ1) is 27.0. The van der Waals surface area contributed by atoms with Crippen LogP contribution >= 0.6 is 0 Å². The maximum Gasteiger partial charge on any atom is 0.431 e. The molecule has 8 nitrogen and oxygen atoms in total. The minimum absolute atomic E-state index is 0.202. The number of nitrogens with zero attached hydrogens (tertiary/aromatic N) is 1. The maximum absolute atomic E-state index is 13.7. The lowest BCUT2D eigenvalue weighted by Gasteiger charge is -2.40. The Morgan fingerprint density at radius 3 is 2.36 bits per heavy atom. The summed E-state index contributed by atoms with van der Waals surface area (Å²) in [6.07, 6.45) is 5.00. The van der Waals surface area contributed by atoms with E-state index >= 15 is 0 Å². The quantitative estimate of drug-likeness (QED) is 0.282. The van der Waals surface area contributed by atoms with Crippen LogP contribution in [-0.2, 0) is 19.8 Å². The van der Waals surface area contributed by atoms with E-state index < -0.39 is 12.0 Å². The molecule has 0 aromatic heterocycles. The van der Waals surface area contributed by atoms with Gasteiger partial charge in [-0.15, -0.1) is 0 Å². The monoisotopic (exact) mass is 496 g/mol. The van der Waals surface area contributed by atoms with Crippen molar-refractivity contribution < 1.29 is 28.7 Å². The van der Waals surface area contributed by atoms with Gasteiger partial charge in [-0.05, 0) is 37.0 Å². The number of hydrogen-bond donors (Lipinski definition) is 1. The van der Waals surface area contributed by atoms with E-state index in [-0.39, 0.29) is 31.1 Å². The number of hydroxylamine groups is 2. The molecule has 8 heteroatoms. The fraction of sp³-hybridized carbons (Fsp3) is 0.464. The Morgan fingerprint density at radius 1 is 0.972 bits per heavy atom. The number of ether oxygens (including phenoxy) is 2. The number of carbonyl (C=O) groups excluding carboxylic acids is 3. The molecule has 0 unspecified atom stereocenters. The number of nitrogens with one attached hydrogen (secondary N) is 1. The van der Waals surface area contributed by atoms with E-state index in [1.165, 1.54) is 12.2 Å². The number of amides is 2. The van der Waals surface area contributed by atoms with Gasteiger partial charge in [0.15, 0.2) is 0 Å². The Labute approximate surface area is 212 Å². The molecule has 2 aromatic rings. The predicted molar refractivity (Wildman–Crippen MR) is 136 cm³/mol. The van der Waals surface area contributed by atoms with E-state index in [0.29, 0.717) is 24.2 Å². The van der Waals surface area contributed by atoms with Crippen molar-refractivity contribution in [2.75, 3.05) is 26.8 Å². The van der Waals surface area contributed by atoms with Crippen LogP contribution < -0.4 is 10.1 Å². The second-order valence-corrected chi connectivity index (χ2v) is 8.98. The molecule has 0 atom stereocenters. The van der Waals surface area contributed by atoms with Gasteiger partial charge in [0, 0.05) is 18.4 Å². The number of benzene rings is 2. The Bertz CT molecular complexity index is 1000. The molecule has 2 aromatic carbocycles. The molecule has 1 aliphatic carbocycles. The summed E-state index contributed by atoms with van der Waals surface area (Å²) in [6, 6.07) is 17.0. The number of methoxy groups -OCH3 is 1. The van der Waals surface area contributed by atoms with Gasteiger partial charge in [-0.25, -0.2) is 4.79 Å². The Kier molecular flexibility index (Phi) is 10.2. The van der Waals surface area contributed by atoms with Crippen LogP contribution in [0.4, 0.5) is 4.79 Å². The van der Waals surface area contributed by atoms with Gasteiger partial charge in [0.2, 0.25) is 0 Å². The molecule has 0 aliphatic heterocycles. The average molecular weight is 497 g/mol. The molecule has 1 saturated carbocycles. The lowest BCUT2D eigenvalue weighted by Crippen LogP contribution is -2.47. The zero-order valence-electron chi connectivity index (χ0n) is 21.2. The van der Waals surface area contributed by atoms with Crippen molar-refractivity contribution in [2.24, 2.45) is 0 Å². The van der Waals surface area contributed by atoms with Crippen LogP contribution in [0.5, 0.6) is 5.75 Å². The largest absolute Gasteiger partial charge is 0.496 e. The minimum Gasteiger partial charge on any atom is -0.496 e. The highest BCUT2D eigenvalue weighted by atomic mass is 16.7. The third kappa shape index (κ3) is 7.23. The molecular formula is C28H36N2O6. The van der Waals surface area contributed by atoms with E-state index in [9.17, 15) is 14.4 Å². The van der Waals surface area contributed by atoms with Crippen molar-refractivity contribution >= 4 is 18.0 Å². The van der Waals surface area contributed by atoms with E-state index in [1.807, 2.05) is 18.2 Å². The summed E-state index contributed by atoms with van der Waals surface area (Å²) in [6.45, 7) is 2.40. The summed E-state index contributed by atoms with van der Waals surface area (Å²) < 4.78 is 10.4. The summed E-state index contributed by atoms with van der Waals surface area (Å²) in [7, 11) is 1.50. The van der Waals surface area contributed by atoms with Gasteiger partial charge in [-0.1, -0.05) is 68.7 Å². The van der Waals surface area contributed by atoms with E-state index in [1.54, 1.807) is 31.2 Å². The second kappa shape index (κ2) is 13.5. The molecule has 3 rings (SSSR count). The van der Waals surface area contributed by atoms with Gasteiger partial charge < -0.3 is 19.6 Å². The zero-order chi connectivity index (χ0) is 25.8. The number of hydrogen-bond acceptors (Lipinski definition) is 6. The molecule has 2 amide bonds. The summed E-state index contributed by atoms with van der Waals surface area (Å²) in [5, 5.41) is 3.82. The Balaban J connectivity index is 1.79. The first-order valence-corrected chi connectivity index (χ1v) is 12.6. The van der Waals surface area contributed by atoms with Crippen LogP contribution in [0.3, 0.4) is 0 Å². The fourth-order valence-corrected chi connectivity index (χ4v) is 4.62. The molecular weight excluding hydrogens is 460 g/mol. The van der Waals surface area contributed by atoms with Gasteiger partial charge >= 0.3 is 12.1 Å². The lowest BCUT2D eigenvalue weighted by molar-refractivity contribution is -0.143. The van der Waals surface area contributed by atoms with Gasteiger partial charge in [-0.3, -0.25) is 9.59 Å². The molecule has 194 valence electrons. The summed E-state index contributed by atoms with van der Waals surface area (Å²) in [5.41, 5.74) is 1.12. The summed E-state index contributed by atoms with van der Waals surface area (Å²) >= 11 is 0. The lowest BCUT2D eigenvalue weighted by atomic mass is 9.69. The highest BCUT2D eigenvalue weighted by molar-refractivity contribution is 5.97. The predicted octanol–water partition coefficient (Wildman–Crippen LogP) is 5.02. The van der Waals surface area contributed by atoms with Crippen LogP contribution in [0.15, 0.2) is 54.6 Å². The minimum atomic E-state index is -0.737. The van der Waals surface area contributed by atoms with Crippen LogP contribution in [0.2, 0.25) is 0 Å². The summed E-state index contributed by atoms with van der Waals surface area (Å²) in [5.74, 6) is -0.322. The number of esters is 1. The molecule has 1 fully saturated rings. The molecule has 1 N–H and O–H groups in total. The van der Waals surface area contributed by atoms with Gasteiger partial charge in [0.25, 0.3) is 5.91 Å². The highest BCUT2D eigenvalue weighted by Crippen LogP contribution is 2.40. The number of para-hydroxylation sites is 1. The number of rotatable bonds is 10. The smallest absolute Gasteiger partial charge is 0.431 e. The van der Waals surface area contributed by atoms with E-state index in [0.717, 1.165) is 37.7 Å². The number of carbonyl (C=O) groups is 3. The van der Waals surface area contributed by atoms with E-state index in [2.05, 4.69) is 17.4 Å². The van der Waals surface area contributed by atoms with Crippen molar-refractivity contribution in [2.45, 2.75) is 57.3 Å². The fourth-order valence-electron chi connectivity index (χ4n) is 4.62. The third-order valence-electron chi connectivity index (χ3n) is 6.54. The van der Waals surface area contributed by atoms with Crippen molar-refractivity contribution in [3.8, 4) is 5.75 Å². The normalized spacial score (nSPS) is 14.4. The van der Waals surface area contributed by atoms with Crippen molar-refractivity contribution in [1.29, 1.82) is 0 Å². The van der Waals surface area contributed by atoms with Gasteiger partial charge in [0.05, 0.1) is 25.8 Å². The van der Waals surface area contributed by atoms with Crippen LogP contribution in [0.1, 0.15) is 67.8 Å². The van der Waals surface area contributed by atoms with Crippen molar-refractivity contribution in [1.82, 2.24) is 10.4 Å². The van der Waals surface area contributed by atoms with Gasteiger partial charge in [-0.2, -0.15) is 5.06 Å². The Hall–Kier alpha value is -3.55. The van der Waals surface area contributed by atoms with Crippen LogP contribution in [0.25, 0.3) is 0 Å². The topological polar surface area (TPSA) is 94.2 Å². The SMILES string of the molecule is CCC(=O)OCCCNC(=O)ON(CC1(c2ccccc2)CCCCC1)C(=O)c1ccccc1OC.